The number of thioether (sulfide) groups is 1. The maximum absolute atomic E-state index is 5.69. The van der Waals surface area contributed by atoms with E-state index >= 15 is 0 Å². The van der Waals surface area contributed by atoms with E-state index in [2.05, 4.69) is 20.2 Å². The highest BCUT2D eigenvalue weighted by Crippen LogP contribution is 2.28. The normalized spacial score (nSPS) is 10.8. The number of pyridine rings is 1. The van der Waals surface area contributed by atoms with Gasteiger partial charge in [0.05, 0.1) is 11.4 Å². The molecule has 0 fully saturated rings. The molecule has 0 saturated carbocycles. The Kier molecular flexibility index (Phi) is 4.35. The number of hydrogen-bond acceptors (Lipinski definition) is 7. The number of aromatic nitrogens is 4. The van der Waals surface area contributed by atoms with Crippen molar-refractivity contribution in [3.8, 4) is 22.2 Å². The number of hydrogen-bond donors (Lipinski definition) is 0. The van der Waals surface area contributed by atoms with E-state index in [0.717, 1.165) is 22.0 Å². The van der Waals surface area contributed by atoms with Gasteiger partial charge in [-0.2, -0.15) is 0 Å². The fourth-order valence-electron chi connectivity index (χ4n) is 2.08. The highest BCUT2D eigenvalue weighted by Gasteiger charge is 2.11. The molecule has 0 N–H and O–H groups in total. The van der Waals surface area contributed by atoms with Gasteiger partial charge in [-0.25, -0.2) is 4.98 Å². The lowest BCUT2D eigenvalue weighted by molar-refractivity contribution is 0.466. The van der Waals surface area contributed by atoms with E-state index in [-0.39, 0.29) is 0 Å². The molecule has 4 rings (SSSR count). The quantitative estimate of drug-likeness (QED) is 0.491. The molecule has 0 aliphatic carbocycles. The van der Waals surface area contributed by atoms with Crippen molar-refractivity contribution in [3.05, 3.63) is 65.8 Å². The van der Waals surface area contributed by atoms with Gasteiger partial charge in [0, 0.05) is 22.9 Å². The molecule has 4 aromatic rings. The van der Waals surface area contributed by atoms with Crippen LogP contribution < -0.4 is 0 Å². The Morgan fingerprint density at radius 1 is 1.00 bits per heavy atom. The second-order valence-corrected chi connectivity index (χ2v) is 6.67. The van der Waals surface area contributed by atoms with Gasteiger partial charge in [0.15, 0.2) is 0 Å². The first-order valence-corrected chi connectivity index (χ1v) is 9.12. The molecule has 0 radical (unpaired) electrons. The van der Waals surface area contributed by atoms with Crippen LogP contribution in [0.25, 0.3) is 22.2 Å². The van der Waals surface area contributed by atoms with Crippen molar-refractivity contribution in [3.63, 3.8) is 0 Å². The lowest BCUT2D eigenvalue weighted by Crippen LogP contribution is -1.84. The molecule has 3 heterocycles. The standard InChI is InChI=1S/C17H12N4OS2/c1-2-6-12(7-3-1)15-20-21-17(22-15)24-11-13-10-23-16(19-13)14-8-4-5-9-18-14/h1-10H,11H2. The number of rotatable bonds is 5. The average molecular weight is 352 g/mol. The van der Waals surface area contributed by atoms with E-state index in [1.54, 1.807) is 17.5 Å². The van der Waals surface area contributed by atoms with Crippen LogP contribution in [0, 0.1) is 0 Å². The SMILES string of the molecule is c1ccc(-c2nnc(SCc3csc(-c4ccccn4)n3)o2)cc1. The summed E-state index contributed by atoms with van der Waals surface area (Å²) in [7, 11) is 0. The van der Waals surface area contributed by atoms with Gasteiger partial charge in [-0.05, 0) is 24.3 Å². The van der Waals surface area contributed by atoms with Crippen LogP contribution in [-0.2, 0) is 5.75 Å². The van der Waals surface area contributed by atoms with Gasteiger partial charge in [-0.3, -0.25) is 4.98 Å². The molecular weight excluding hydrogens is 340 g/mol. The molecule has 1 aromatic carbocycles. The fourth-order valence-corrected chi connectivity index (χ4v) is 3.64. The number of benzene rings is 1. The van der Waals surface area contributed by atoms with Crippen molar-refractivity contribution in [1.29, 1.82) is 0 Å². The monoisotopic (exact) mass is 352 g/mol. The van der Waals surface area contributed by atoms with Crippen molar-refractivity contribution in [2.75, 3.05) is 0 Å². The summed E-state index contributed by atoms with van der Waals surface area (Å²) in [6.45, 7) is 0. The summed E-state index contributed by atoms with van der Waals surface area (Å²) in [5.41, 5.74) is 2.79. The Labute approximate surface area is 146 Å². The molecule has 0 aliphatic rings. The zero-order valence-corrected chi connectivity index (χ0v) is 14.1. The second-order valence-electron chi connectivity index (χ2n) is 4.89. The zero-order chi connectivity index (χ0) is 16.2. The zero-order valence-electron chi connectivity index (χ0n) is 12.5. The molecular formula is C17H12N4OS2. The minimum Gasteiger partial charge on any atom is -0.411 e. The van der Waals surface area contributed by atoms with E-state index in [4.69, 9.17) is 4.42 Å². The highest BCUT2D eigenvalue weighted by atomic mass is 32.2. The van der Waals surface area contributed by atoms with E-state index in [9.17, 15) is 0 Å². The van der Waals surface area contributed by atoms with Crippen LogP contribution in [-0.4, -0.2) is 20.2 Å². The van der Waals surface area contributed by atoms with Crippen molar-refractivity contribution in [1.82, 2.24) is 20.2 Å². The molecule has 0 atom stereocenters. The molecule has 7 heteroatoms. The molecule has 118 valence electrons. The Morgan fingerprint density at radius 3 is 2.71 bits per heavy atom. The molecule has 0 unspecified atom stereocenters. The van der Waals surface area contributed by atoms with Crippen molar-refractivity contribution < 1.29 is 4.42 Å². The van der Waals surface area contributed by atoms with Crippen LogP contribution in [0.5, 0.6) is 0 Å². The lowest BCUT2D eigenvalue weighted by atomic mass is 10.2. The third-order valence-electron chi connectivity index (χ3n) is 3.21. The van der Waals surface area contributed by atoms with Crippen molar-refractivity contribution >= 4 is 23.1 Å². The fraction of sp³-hybridized carbons (Fsp3) is 0.0588. The predicted molar refractivity (Wildman–Crippen MR) is 94.6 cm³/mol. The maximum Gasteiger partial charge on any atom is 0.277 e. The molecule has 0 amide bonds. The first-order chi connectivity index (χ1) is 11.9. The minimum atomic E-state index is 0.533. The Hall–Kier alpha value is -2.51. The molecule has 5 nitrogen and oxygen atoms in total. The predicted octanol–water partition coefficient (Wildman–Crippen LogP) is 4.55. The van der Waals surface area contributed by atoms with Crippen molar-refractivity contribution in [2.45, 2.75) is 11.0 Å². The largest absolute Gasteiger partial charge is 0.411 e. The van der Waals surface area contributed by atoms with Gasteiger partial charge in [0.1, 0.15) is 5.01 Å². The average Bonchev–Trinajstić information content (AvgIpc) is 3.31. The summed E-state index contributed by atoms with van der Waals surface area (Å²) in [5, 5.41) is 11.7. The Bertz CT molecular complexity index is 844. The highest BCUT2D eigenvalue weighted by molar-refractivity contribution is 7.98. The Morgan fingerprint density at radius 2 is 1.88 bits per heavy atom. The topological polar surface area (TPSA) is 64.7 Å². The van der Waals surface area contributed by atoms with Gasteiger partial charge >= 0.3 is 0 Å². The van der Waals surface area contributed by atoms with Gasteiger partial charge in [-0.15, -0.1) is 21.5 Å². The van der Waals surface area contributed by atoms with E-state index in [1.165, 1.54) is 11.8 Å². The van der Waals surface area contributed by atoms with Crippen LogP contribution >= 0.6 is 23.1 Å². The first-order valence-electron chi connectivity index (χ1n) is 7.26. The molecule has 0 bridgehead atoms. The summed E-state index contributed by atoms with van der Waals surface area (Å²) >= 11 is 3.07. The van der Waals surface area contributed by atoms with Crippen LogP contribution in [0.15, 0.2) is 69.7 Å². The van der Waals surface area contributed by atoms with Gasteiger partial charge in [0.25, 0.3) is 5.22 Å². The van der Waals surface area contributed by atoms with Crippen LogP contribution in [0.4, 0.5) is 0 Å². The van der Waals surface area contributed by atoms with E-state index in [1.807, 2.05) is 53.9 Å². The molecule has 0 saturated heterocycles. The number of thiazole rings is 1. The summed E-state index contributed by atoms with van der Waals surface area (Å²) in [4.78, 5) is 8.92. The minimum absolute atomic E-state index is 0.533. The van der Waals surface area contributed by atoms with Crippen LogP contribution in [0.1, 0.15) is 5.69 Å². The summed E-state index contributed by atoms with van der Waals surface area (Å²) in [5.74, 6) is 1.21. The molecule has 24 heavy (non-hydrogen) atoms. The molecule has 0 aliphatic heterocycles. The summed E-state index contributed by atoms with van der Waals surface area (Å²) in [6.07, 6.45) is 1.77. The van der Waals surface area contributed by atoms with Crippen molar-refractivity contribution in [2.24, 2.45) is 0 Å². The lowest BCUT2D eigenvalue weighted by Gasteiger charge is -1.94. The van der Waals surface area contributed by atoms with Gasteiger partial charge in [0.2, 0.25) is 5.89 Å². The second kappa shape index (κ2) is 6.94. The summed E-state index contributed by atoms with van der Waals surface area (Å²) in [6, 6.07) is 15.6. The van der Waals surface area contributed by atoms with Gasteiger partial charge < -0.3 is 4.42 Å². The van der Waals surface area contributed by atoms with E-state index < -0.39 is 0 Å². The van der Waals surface area contributed by atoms with E-state index in [0.29, 0.717) is 16.9 Å². The summed E-state index contributed by atoms with van der Waals surface area (Å²) < 4.78 is 5.69. The molecule has 0 spiro atoms. The number of nitrogens with zero attached hydrogens (tertiary/aromatic N) is 4. The van der Waals surface area contributed by atoms with Crippen LogP contribution in [0.3, 0.4) is 0 Å². The Balaban J connectivity index is 1.43. The first kappa shape index (κ1) is 15.0. The smallest absolute Gasteiger partial charge is 0.277 e. The van der Waals surface area contributed by atoms with Gasteiger partial charge in [-0.1, -0.05) is 36.0 Å². The third-order valence-corrected chi connectivity index (χ3v) is 4.97. The molecule has 3 aromatic heterocycles. The third kappa shape index (κ3) is 3.37. The maximum atomic E-state index is 5.69. The van der Waals surface area contributed by atoms with Crippen LogP contribution in [0.2, 0.25) is 0 Å².